The number of nitrogen functional groups attached to an aromatic ring is 1. The summed E-state index contributed by atoms with van der Waals surface area (Å²) in [7, 11) is 1.29. The normalized spacial score (nSPS) is 10.5. The second kappa shape index (κ2) is 3.97. The van der Waals surface area contributed by atoms with Gasteiger partial charge in [0.05, 0.1) is 12.8 Å². The van der Waals surface area contributed by atoms with E-state index in [1.807, 2.05) is 0 Å². The van der Waals surface area contributed by atoms with Crippen LogP contribution in [0.2, 0.25) is 0 Å². The van der Waals surface area contributed by atoms with Crippen LogP contribution in [0.5, 0.6) is 11.5 Å². The van der Waals surface area contributed by atoms with Gasteiger partial charge in [-0.1, -0.05) is 0 Å². The lowest BCUT2D eigenvalue weighted by Crippen LogP contribution is -1.94. The third-order valence-electron chi connectivity index (χ3n) is 2.48. The summed E-state index contributed by atoms with van der Waals surface area (Å²) in [5.41, 5.74) is 6.65. The van der Waals surface area contributed by atoms with E-state index in [0.717, 1.165) is 0 Å². The lowest BCUT2D eigenvalue weighted by atomic mass is 10.1. The van der Waals surface area contributed by atoms with Gasteiger partial charge in [0.15, 0.2) is 17.3 Å². The number of aromatic hydroxyl groups is 1. The zero-order chi connectivity index (χ0) is 12.6. The largest absolute Gasteiger partial charge is 0.504 e. The molecule has 0 spiro atoms. The van der Waals surface area contributed by atoms with Gasteiger partial charge in [0, 0.05) is 11.6 Å². The number of nitrogens with two attached hydrogens (primary N) is 1. The number of aromatic nitrogens is 2. The number of rotatable bonds is 2. The van der Waals surface area contributed by atoms with E-state index in [2.05, 4.69) is 10.2 Å². The summed E-state index contributed by atoms with van der Waals surface area (Å²) in [6.07, 6.45) is 0. The number of H-pyrrole nitrogens is 1. The van der Waals surface area contributed by atoms with Gasteiger partial charge in [-0.2, -0.15) is 5.10 Å². The lowest BCUT2D eigenvalue weighted by Gasteiger charge is -2.10. The number of aryl methyl sites for hydroxylation is 1. The second-order valence-electron chi connectivity index (χ2n) is 3.64. The fourth-order valence-corrected chi connectivity index (χ4v) is 1.61. The molecule has 17 heavy (non-hydrogen) atoms. The molecule has 2 aromatic rings. The Balaban J connectivity index is 2.67. The van der Waals surface area contributed by atoms with Crippen LogP contribution in [-0.2, 0) is 0 Å². The number of phenolic OH excluding ortho intramolecular Hbond substituents is 1. The number of nitrogens with zero attached hydrogens (tertiary/aromatic N) is 1. The molecule has 0 saturated heterocycles. The third-order valence-corrected chi connectivity index (χ3v) is 2.48. The lowest BCUT2D eigenvalue weighted by molar-refractivity contribution is 0.350. The molecule has 5 nitrogen and oxygen atoms in total. The first kappa shape index (κ1) is 11.3. The molecule has 4 N–H and O–H groups in total. The average molecular weight is 237 g/mol. The number of hydrogen-bond donors (Lipinski definition) is 3. The number of anilines is 1. The van der Waals surface area contributed by atoms with Crippen molar-refractivity contribution in [2.24, 2.45) is 0 Å². The number of hydrogen-bond acceptors (Lipinski definition) is 4. The Kier molecular flexibility index (Phi) is 2.63. The highest BCUT2D eigenvalue weighted by Gasteiger charge is 2.18. The third kappa shape index (κ3) is 1.77. The highest BCUT2D eigenvalue weighted by Crippen LogP contribution is 2.38. The average Bonchev–Trinajstić information content (AvgIpc) is 2.71. The first-order valence-electron chi connectivity index (χ1n) is 4.92. The molecule has 0 atom stereocenters. The molecule has 1 aromatic heterocycles. The SMILES string of the molecule is COc1c(O)c(C)cc(-c2cc(N)n[nH]2)c1F. The molecule has 0 aliphatic heterocycles. The van der Waals surface area contributed by atoms with E-state index >= 15 is 0 Å². The van der Waals surface area contributed by atoms with Crippen LogP contribution < -0.4 is 10.5 Å². The molecule has 6 heteroatoms. The number of benzene rings is 1. The van der Waals surface area contributed by atoms with Gasteiger partial charge in [0.2, 0.25) is 0 Å². The van der Waals surface area contributed by atoms with E-state index in [-0.39, 0.29) is 22.9 Å². The van der Waals surface area contributed by atoms with Crippen molar-refractivity contribution in [1.29, 1.82) is 0 Å². The van der Waals surface area contributed by atoms with Crippen molar-refractivity contribution in [3.05, 3.63) is 23.5 Å². The minimum atomic E-state index is -0.653. The molecule has 90 valence electrons. The minimum absolute atomic E-state index is 0.187. The van der Waals surface area contributed by atoms with Crippen molar-refractivity contribution in [2.45, 2.75) is 6.92 Å². The highest BCUT2D eigenvalue weighted by atomic mass is 19.1. The summed E-state index contributed by atoms with van der Waals surface area (Å²) < 4.78 is 18.9. The second-order valence-corrected chi connectivity index (χ2v) is 3.64. The Morgan fingerprint density at radius 2 is 2.18 bits per heavy atom. The van der Waals surface area contributed by atoms with E-state index in [1.54, 1.807) is 6.92 Å². The van der Waals surface area contributed by atoms with Gasteiger partial charge in [0.1, 0.15) is 5.82 Å². The van der Waals surface area contributed by atoms with Gasteiger partial charge >= 0.3 is 0 Å². The number of nitrogens with one attached hydrogen (secondary N) is 1. The Bertz CT molecular complexity index is 566. The summed E-state index contributed by atoms with van der Waals surface area (Å²) >= 11 is 0. The van der Waals surface area contributed by atoms with E-state index in [9.17, 15) is 9.50 Å². The first-order chi connectivity index (χ1) is 8.04. The Hall–Kier alpha value is -2.24. The predicted octanol–water partition coefficient (Wildman–Crippen LogP) is 1.82. The molecule has 1 heterocycles. The number of aromatic amines is 1. The van der Waals surface area contributed by atoms with Gasteiger partial charge in [-0.25, -0.2) is 4.39 Å². The van der Waals surface area contributed by atoms with Crippen molar-refractivity contribution >= 4 is 5.82 Å². The maximum atomic E-state index is 14.0. The van der Waals surface area contributed by atoms with Gasteiger partial charge in [-0.15, -0.1) is 0 Å². The molecule has 0 unspecified atom stereocenters. The zero-order valence-electron chi connectivity index (χ0n) is 9.41. The van der Waals surface area contributed by atoms with Gasteiger partial charge in [-0.3, -0.25) is 5.10 Å². The summed E-state index contributed by atoms with van der Waals surface area (Å²) in [5.74, 6) is -0.780. The standard InChI is InChI=1S/C11H12FN3O2/c1-5-3-6(7-4-8(13)15-14-7)9(12)11(17-2)10(5)16/h3-4,16H,1-2H3,(H3,13,14,15). The minimum Gasteiger partial charge on any atom is -0.504 e. The van der Waals surface area contributed by atoms with Gasteiger partial charge < -0.3 is 15.6 Å². The molecule has 0 fully saturated rings. The van der Waals surface area contributed by atoms with Crippen LogP contribution >= 0.6 is 0 Å². The van der Waals surface area contributed by atoms with Gasteiger partial charge in [0.25, 0.3) is 0 Å². The van der Waals surface area contributed by atoms with Crippen LogP contribution in [0, 0.1) is 12.7 Å². The molecule has 0 aliphatic rings. The van der Waals surface area contributed by atoms with Crippen molar-refractivity contribution in [3.8, 4) is 22.8 Å². The van der Waals surface area contributed by atoms with Crippen LogP contribution in [-0.4, -0.2) is 22.4 Å². The maximum absolute atomic E-state index is 14.0. The van der Waals surface area contributed by atoms with E-state index in [0.29, 0.717) is 11.3 Å². The zero-order valence-corrected chi connectivity index (χ0v) is 9.41. The van der Waals surface area contributed by atoms with Crippen molar-refractivity contribution in [3.63, 3.8) is 0 Å². The van der Waals surface area contributed by atoms with Crippen molar-refractivity contribution in [2.75, 3.05) is 12.8 Å². The summed E-state index contributed by atoms with van der Waals surface area (Å²) in [6.45, 7) is 1.65. The van der Waals surface area contributed by atoms with Crippen LogP contribution in [0.25, 0.3) is 11.3 Å². The maximum Gasteiger partial charge on any atom is 0.197 e. The molecular weight excluding hydrogens is 225 g/mol. The fourth-order valence-electron chi connectivity index (χ4n) is 1.61. The monoisotopic (exact) mass is 237 g/mol. The molecule has 1 aromatic carbocycles. The molecule has 2 rings (SSSR count). The van der Waals surface area contributed by atoms with Gasteiger partial charge in [-0.05, 0) is 18.6 Å². The smallest absolute Gasteiger partial charge is 0.197 e. The molecular formula is C11H12FN3O2. The summed E-state index contributed by atoms with van der Waals surface area (Å²) in [6, 6.07) is 3.01. The first-order valence-corrected chi connectivity index (χ1v) is 4.92. The topological polar surface area (TPSA) is 84.2 Å². The van der Waals surface area contributed by atoms with Crippen molar-refractivity contribution < 1.29 is 14.2 Å². The number of methoxy groups -OCH3 is 1. The van der Waals surface area contributed by atoms with Crippen LogP contribution in [0.15, 0.2) is 12.1 Å². The number of ether oxygens (including phenoxy) is 1. The quantitative estimate of drug-likeness (QED) is 0.743. The number of halogens is 1. The molecule has 0 saturated carbocycles. The van der Waals surface area contributed by atoms with E-state index in [1.165, 1.54) is 19.2 Å². The number of phenols is 1. The van der Waals surface area contributed by atoms with Crippen LogP contribution in [0.1, 0.15) is 5.56 Å². The van der Waals surface area contributed by atoms with Crippen molar-refractivity contribution in [1.82, 2.24) is 10.2 Å². The Morgan fingerprint density at radius 3 is 2.71 bits per heavy atom. The fraction of sp³-hybridized carbons (Fsp3) is 0.182. The Morgan fingerprint density at radius 1 is 1.47 bits per heavy atom. The Labute approximate surface area is 97.0 Å². The van der Waals surface area contributed by atoms with E-state index < -0.39 is 5.82 Å². The molecule has 0 radical (unpaired) electrons. The molecule has 0 aliphatic carbocycles. The molecule has 0 bridgehead atoms. The molecule has 0 amide bonds. The summed E-state index contributed by atoms with van der Waals surface area (Å²) in [4.78, 5) is 0. The van der Waals surface area contributed by atoms with Crippen LogP contribution in [0.4, 0.5) is 10.2 Å². The van der Waals surface area contributed by atoms with Crippen LogP contribution in [0.3, 0.4) is 0 Å². The summed E-state index contributed by atoms with van der Waals surface area (Å²) in [5, 5.41) is 16.0. The highest BCUT2D eigenvalue weighted by molar-refractivity contribution is 5.68. The van der Waals surface area contributed by atoms with E-state index in [4.69, 9.17) is 10.5 Å². The predicted molar refractivity (Wildman–Crippen MR) is 61.3 cm³/mol.